The highest BCUT2D eigenvalue weighted by Crippen LogP contribution is 2.46. The van der Waals surface area contributed by atoms with Crippen LogP contribution in [0.1, 0.15) is 18.4 Å². The number of hydrogen-bond donors (Lipinski definition) is 2. The molecule has 1 atom stereocenters. The molecule has 94 valence electrons. The average molecular weight is 241 g/mol. The average Bonchev–Trinajstić information content (AvgIpc) is 3.15. The molecule has 1 unspecified atom stereocenters. The van der Waals surface area contributed by atoms with Crippen LogP contribution in [0, 0.1) is 23.0 Å². The highest BCUT2D eigenvalue weighted by Gasteiger charge is 2.43. The molecule has 17 heavy (non-hydrogen) atoms. The molecule has 1 fully saturated rings. The third-order valence-electron chi connectivity index (χ3n) is 3.70. The summed E-state index contributed by atoms with van der Waals surface area (Å²) in [6.45, 7) is 0.361. The van der Waals surface area contributed by atoms with Crippen LogP contribution in [0.5, 0.6) is 0 Å². The van der Waals surface area contributed by atoms with Gasteiger partial charge in [0, 0.05) is 12.0 Å². The number of halogens is 2. The molecule has 0 aliphatic heterocycles. The van der Waals surface area contributed by atoms with Crippen LogP contribution in [-0.2, 0) is 6.42 Å². The Labute approximate surface area is 99.4 Å². The Balaban J connectivity index is 2.19. The van der Waals surface area contributed by atoms with Crippen LogP contribution < -0.4 is 5.73 Å². The second kappa shape index (κ2) is 4.70. The van der Waals surface area contributed by atoms with Crippen molar-refractivity contribution in [2.75, 3.05) is 13.2 Å². The Morgan fingerprint density at radius 1 is 1.29 bits per heavy atom. The lowest BCUT2D eigenvalue weighted by molar-refractivity contribution is 0.109. The molecule has 2 rings (SSSR count). The van der Waals surface area contributed by atoms with Gasteiger partial charge in [0.05, 0.1) is 6.61 Å². The first kappa shape index (κ1) is 12.5. The third-order valence-corrected chi connectivity index (χ3v) is 3.70. The maximum absolute atomic E-state index is 13.1. The fraction of sp³-hybridized carbons (Fsp3) is 0.538. The van der Waals surface area contributed by atoms with E-state index in [1.165, 1.54) is 6.07 Å². The van der Waals surface area contributed by atoms with Gasteiger partial charge in [-0.25, -0.2) is 8.78 Å². The standard InChI is InChI=1S/C13H17F2NO/c14-11-4-1-9(5-12(11)15)6-13(7-16,8-17)10-2-3-10/h1,4-5,10,17H,2-3,6-8,16H2. The Morgan fingerprint density at radius 2 is 2.00 bits per heavy atom. The second-order valence-electron chi connectivity index (χ2n) is 4.92. The van der Waals surface area contributed by atoms with E-state index in [-0.39, 0.29) is 12.0 Å². The summed E-state index contributed by atoms with van der Waals surface area (Å²) in [4.78, 5) is 0. The zero-order chi connectivity index (χ0) is 12.5. The van der Waals surface area contributed by atoms with Gasteiger partial charge in [-0.2, -0.15) is 0 Å². The fourth-order valence-corrected chi connectivity index (χ4v) is 2.38. The van der Waals surface area contributed by atoms with E-state index >= 15 is 0 Å². The molecule has 0 spiro atoms. The third kappa shape index (κ3) is 2.48. The zero-order valence-electron chi connectivity index (χ0n) is 9.63. The van der Waals surface area contributed by atoms with Gasteiger partial charge in [0.1, 0.15) is 0 Å². The van der Waals surface area contributed by atoms with Gasteiger partial charge >= 0.3 is 0 Å². The molecule has 1 aromatic rings. The first-order valence-corrected chi connectivity index (χ1v) is 5.86. The van der Waals surface area contributed by atoms with Gasteiger partial charge in [-0.3, -0.25) is 0 Å². The number of benzene rings is 1. The molecule has 0 saturated heterocycles. The van der Waals surface area contributed by atoms with E-state index < -0.39 is 11.6 Å². The van der Waals surface area contributed by atoms with Crippen LogP contribution in [0.3, 0.4) is 0 Å². The van der Waals surface area contributed by atoms with Gasteiger partial charge in [0.25, 0.3) is 0 Å². The van der Waals surface area contributed by atoms with Crippen molar-refractivity contribution in [1.29, 1.82) is 0 Å². The lowest BCUT2D eigenvalue weighted by atomic mass is 9.78. The van der Waals surface area contributed by atoms with Crippen LogP contribution in [0.4, 0.5) is 8.78 Å². The zero-order valence-corrected chi connectivity index (χ0v) is 9.63. The van der Waals surface area contributed by atoms with Crippen LogP contribution in [0.2, 0.25) is 0 Å². The Hall–Kier alpha value is -1.00. The van der Waals surface area contributed by atoms with Crippen LogP contribution in [-0.4, -0.2) is 18.3 Å². The largest absolute Gasteiger partial charge is 0.396 e. The summed E-state index contributed by atoms with van der Waals surface area (Å²) in [7, 11) is 0. The monoisotopic (exact) mass is 241 g/mol. The van der Waals surface area contributed by atoms with Gasteiger partial charge < -0.3 is 10.8 Å². The molecular formula is C13H17F2NO. The molecule has 0 bridgehead atoms. The molecule has 1 saturated carbocycles. The van der Waals surface area contributed by atoms with Gasteiger partial charge in [-0.05, 0) is 42.9 Å². The molecule has 1 aromatic carbocycles. The van der Waals surface area contributed by atoms with Crippen molar-refractivity contribution in [3.05, 3.63) is 35.4 Å². The molecule has 1 aliphatic rings. The predicted molar refractivity (Wildman–Crippen MR) is 61.4 cm³/mol. The lowest BCUT2D eigenvalue weighted by Crippen LogP contribution is -2.38. The van der Waals surface area contributed by atoms with Crippen LogP contribution in [0.25, 0.3) is 0 Å². The minimum Gasteiger partial charge on any atom is -0.396 e. The minimum absolute atomic E-state index is 0.00678. The van der Waals surface area contributed by atoms with Crippen molar-refractivity contribution < 1.29 is 13.9 Å². The van der Waals surface area contributed by atoms with Crippen molar-refractivity contribution in [1.82, 2.24) is 0 Å². The van der Waals surface area contributed by atoms with Gasteiger partial charge in [0.2, 0.25) is 0 Å². The maximum Gasteiger partial charge on any atom is 0.159 e. The normalized spacial score (nSPS) is 19.1. The van der Waals surface area contributed by atoms with Crippen LogP contribution in [0.15, 0.2) is 18.2 Å². The lowest BCUT2D eigenvalue weighted by Gasteiger charge is -2.30. The highest BCUT2D eigenvalue weighted by atomic mass is 19.2. The molecule has 4 heteroatoms. The van der Waals surface area contributed by atoms with Crippen molar-refractivity contribution in [3.63, 3.8) is 0 Å². The summed E-state index contributed by atoms with van der Waals surface area (Å²) in [5, 5.41) is 9.52. The number of rotatable bonds is 5. The number of nitrogens with two attached hydrogens (primary N) is 1. The van der Waals surface area contributed by atoms with E-state index in [9.17, 15) is 13.9 Å². The SMILES string of the molecule is NCC(CO)(Cc1ccc(F)c(F)c1)C1CC1. The van der Waals surface area contributed by atoms with Gasteiger partial charge in [-0.1, -0.05) is 6.07 Å². The molecule has 0 heterocycles. The first-order chi connectivity index (χ1) is 8.11. The van der Waals surface area contributed by atoms with E-state index in [4.69, 9.17) is 5.73 Å². The number of aliphatic hydroxyl groups excluding tert-OH is 1. The van der Waals surface area contributed by atoms with Gasteiger partial charge in [0.15, 0.2) is 11.6 Å². The quantitative estimate of drug-likeness (QED) is 0.826. The molecule has 1 aliphatic carbocycles. The smallest absolute Gasteiger partial charge is 0.159 e. The predicted octanol–water partition coefficient (Wildman–Crippen LogP) is 1.85. The Kier molecular flexibility index (Phi) is 3.45. The summed E-state index contributed by atoms with van der Waals surface area (Å²) in [6.07, 6.45) is 2.62. The molecule has 0 amide bonds. The number of aliphatic hydroxyl groups is 1. The summed E-state index contributed by atoms with van der Waals surface area (Å²) >= 11 is 0. The molecule has 0 radical (unpaired) electrons. The molecule has 0 aromatic heterocycles. The van der Waals surface area contributed by atoms with Crippen molar-refractivity contribution in [2.24, 2.45) is 17.1 Å². The van der Waals surface area contributed by atoms with E-state index in [1.807, 2.05) is 0 Å². The summed E-state index contributed by atoms with van der Waals surface area (Å²) in [6, 6.07) is 3.87. The highest BCUT2D eigenvalue weighted by molar-refractivity contribution is 5.20. The van der Waals surface area contributed by atoms with E-state index in [2.05, 4.69) is 0 Å². The van der Waals surface area contributed by atoms with Crippen molar-refractivity contribution in [2.45, 2.75) is 19.3 Å². The fourth-order valence-electron chi connectivity index (χ4n) is 2.38. The van der Waals surface area contributed by atoms with Crippen molar-refractivity contribution >= 4 is 0 Å². The summed E-state index contributed by atoms with van der Waals surface area (Å²) < 4.78 is 25.9. The maximum atomic E-state index is 13.1. The van der Waals surface area contributed by atoms with E-state index in [0.717, 1.165) is 18.9 Å². The van der Waals surface area contributed by atoms with E-state index in [1.54, 1.807) is 6.07 Å². The first-order valence-electron chi connectivity index (χ1n) is 5.86. The molecular weight excluding hydrogens is 224 g/mol. The van der Waals surface area contributed by atoms with Crippen molar-refractivity contribution in [3.8, 4) is 0 Å². The molecule has 2 nitrogen and oxygen atoms in total. The Bertz CT molecular complexity index is 400. The van der Waals surface area contributed by atoms with Gasteiger partial charge in [-0.15, -0.1) is 0 Å². The summed E-state index contributed by atoms with van der Waals surface area (Å²) in [5.41, 5.74) is 6.07. The minimum atomic E-state index is -0.845. The Morgan fingerprint density at radius 3 is 2.47 bits per heavy atom. The molecule has 3 N–H and O–H groups in total. The number of hydrogen-bond acceptors (Lipinski definition) is 2. The summed E-state index contributed by atoms with van der Waals surface area (Å²) in [5.74, 6) is -1.28. The second-order valence-corrected chi connectivity index (χ2v) is 4.92. The topological polar surface area (TPSA) is 46.2 Å². The van der Waals surface area contributed by atoms with E-state index in [0.29, 0.717) is 24.4 Å². The van der Waals surface area contributed by atoms with Crippen LogP contribution >= 0.6 is 0 Å².